The summed E-state index contributed by atoms with van der Waals surface area (Å²) in [4.78, 5) is 11.6. The van der Waals surface area contributed by atoms with E-state index in [2.05, 4.69) is 17.1 Å². The Morgan fingerprint density at radius 3 is 2.60 bits per heavy atom. The van der Waals surface area contributed by atoms with Crippen molar-refractivity contribution >= 4 is 22.7 Å². The molecule has 0 aromatic heterocycles. The van der Waals surface area contributed by atoms with Crippen molar-refractivity contribution in [3.05, 3.63) is 12.7 Å². The van der Waals surface area contributed by atoms with Crippen molar-refractivity contribution in [1.82, 2.24) is 5.32 Å². The molecule has 2 N–H and O–H groups in total. The minimum atomic E-state index is -0.398. The Hall–Kier alpha value is -0.970. The molecule has 0 saturated carbocycles. The molecule has 1 amide bonds. The summed E-state index contributed by atoms with van der Waals surface area (Å²) >= 11 is 1.32. The van der Waals surface area contributed by atoms with Gasteiger partial charge in [0.15, 0.2) is 0 Å². The smallest absolute Gasteiger partial charge is 0.229 e. The molecule has 0 spiro atoms. The van der Waals surface area contributed by atoms with E-state index >= 15 is 0 Å². The molecular weight excluding hydrogens is 212 g/mol. The lowest BCUT2D eigenvalue weighted by atomic mass is 9.96. The SMILES string of the molecule is C=CCSC(=NO)C(C(=O)NC)C(C)C. The predicted molar refractivity (Wildman–Crippen MR) is 64.3 cm³/mol. The van der Waals surface area contributed by atoms with Crippen molar-refractivity contribution in [3.8, 4) is 0 Å². The monoisotopic (exact) mass is 230 g/mol. The zero-order valence-electron chi connectivity index (χ0n) is 9.36. The van der Waals surface area contributed by atoms with Crippen molar-refractivity contribution < 1.29 is 10.0 Å². The zero-order valence-corrected chi connectivity index (χ0v) is 10.2. The van der Waals surface area contributed by atoms with E-state index in [4.69, 9.17) is 5.21 Å². The van der Waals surface area contributed by atoms with Crippen LogP contribution in [0, 0.1) is 11.8 Å². The summed E-state index contributed by atoms with van der Waals surface area (Å²) in [7, 11) is 1.57. The van der Waals surface area contributed by atoms with E-state index in [1.807, 2.05) is 13.8 Å². The number of rotatable bonds is 5. The van der Waals surface area contributed by atoms with Crippen LogP contribution >= 0.6 is 11.8 Å². The van der Waals surface area contributed by atoms with Gasteiger partial charge < -0.3 is 10.5 Å². The van der Waals surface area contributed by atoms with Crippen LogP contribution in [-0.4, -0.2) is 29.0 Å². The second-order valence-corrected chi connectivity index (χ2v) is 4.41. The van der Waals surface area contributed by atoms with Gasteiger partial charge >= 0.3 is 0 Å². The highest BCUT2D eigenvalue weighted by Crippen LogP contribution is 2.21. The Balaban J connectivity index is 4.71. The topological polar surface area (TPSA) is 61.7 Å². The first-order chi connectivity index (χ1) is 7.08. The molecule has 0 aromatic carbocycles. The highest BCUT2D eigenvalue weighted by Gasteiger charge is 2.27. The van der Waals surface area contributed by atoms with Crippen LogP contribution in [0.2, 0.25) is 0 Å². The average Bonchev–Trinajstić information content (AvgIpc) is 2.22. The van der Waals surface area contributed by atoms with E-state index in [1.54, 1.807) is 13.1 Å². The molecule has 4 nitrogen and oxygen atoms in total. The van der Waals surface area contributed by atoms with Gasteiger partial charge in [0.25, 0.3) is 0 Å². The first kappa shape index (κ1) is 14.0. The number of oxime groups is 1. The normalized spacial score (nSPS) is 13.7. The van der Waals surface area contributed by atoms with Gasteiger partial charge in [-0.15, -0.1) is 18.3 Å². The zero-order chi connectivity index (χ0) is 11.8. The number of nitrogens with zero attached hydrogens (tertiary/aromatic N) is 1. The van der Waals surface area contributed by atoms with Crippen molar-refractivity contribution in [2.75, 3.05) is 12.8 Å². The molecule has 0 saturated heterocycles. The number of amides is 1. The molecule has 0 radical (unpaired) electrons. The van der Waals surface area contributed by atoms with Crippen LogP contribution in [0.15, 0.2) is 17.8 Å². The van der Waals surface area contributed by atoms with Gasteiger partial charge in [0.1, 0.15) is 5.04 Å². The maximum atomic E-state index is 11.6. The van der Waals surface area contributed by atoms with Crippen LogP contribution in [-0.2, 0) is 4.79 Å². The molecular formula is C10H18N2O2S. The molecule has 1 unspecified atom stereocenters. The fourth-order valence-corrected chi connectivity index (χ4v) is 2.09. The van der Waals surface area contributed by atoms with Crippen LogP contribution in [0.3, 0.4) is 0 Å². The molecule has 1 atom stereocenters. The minimum Gasteiger partial charge on any atom is -0.410 e. The number of hydrogen-bond acceptors (Lipinski definition) is 4. The van der Waals surface area contributed by atoms with Gasteiger partial charge in [0.05, 0.1) is 5.92 Å². The van der Waals surface area contributed by atoms with Gasteiger partial charge in [-0.25, -0.2) is 0 Å². The quantitative estimate of drug-likeness (QED) is 0.248. The molecule has 0 aromatic rings. The third-order valence-corrected chi connectivity index (χ3v) is 2.94. The van der Waals surface area contributed by atoms with Gasteiger partial charge in [0, 0.05) is 12.8 Å². The summed E-state index contributed by atoms with van der Waals surface area (Å²) in [5.74, 6) is 0.187. The third kappa shape index (κ3) is 4.38. The second-order valence-electron chi connectivity index (χ2n) is 3.37. The van der Waals surface area contributed by atoms with Crippen LogP contribution in [0.1, 0.15) is 13.8 Å². The minimum absolute atomic E-state index is 0.0909. The summed E-state index contributed by atoms with van der Waals surface area (Å²) in [6.45, 7) is 7.41. The Bertz CT molecular complexity index is 252. The van der Waals surface area contributed by atoms with Gasteiger partial charge in [-0.05, 0) is 5.92 Å². The molecule has 0 rings (SSSR count). The average molecular weight is 230 g/mol. The van der Waals surface area contributed by atoms with Crippen molar-refractivity contribution in [1.29, 1.82) is 0 Å². The van der Waals surface area contributed by atoms with E-state index in [1.165, 1.54) is 11.8 Å². The fraction of sp³-hybridized carbons (Fsp3) is 0.600. The predicted octanol–water partition coefficient (Wildman–Crippen LogP) is 1.71. The Morgan fingerprint density at radius 2 is 2.27 bits per heavy atom. The van der Waals surface area contributed by atoms with E-state index in [-0.39, 0.29) is 11.8 Å². The van der Waals surface area contributed by atoms with E-state index < -0.39 is 5.92 Å². The van der Waals surface area contributed by atoms with E-state index in [0.29, 0.717) is 10.8 Å². The molecule has 0 aliphatic carbocycles. The Morgan fingerprint density at radius 1 is 1.67 bits per heavy atom. The lowest BCUT2D eigenvalue weighted by Gasteiger charge is -2.19. The summed E-state index contributed by atoms with van der Waals surface area (Å²) < 4.78 is 0. The van der Waals surface area contributed by atoms with Crippen molar-refractivity contribution in [2.24, 2.45) is 17.0 Å². The largest absolute Gasteiger partial charge is 0.410 e. The Kier molecular flexibility index (Phi) is 6.86. The molecule has 15 heavy (non-hydrogen) atoms. The summed E-state index contributed by atoms with van der Waals surface area (Å²) in [6.07, 6.45) is 1.71. The second kappa shape index (κ2) is 7.34. The first-order valence-corrected chi connectivity index (χ1v) is 5.74. The summed E-state index contributed by atoms with van der Waals surface area (Å²) in [5, 5.41) is 15.1. The van der Waals surface area contributed by atoms with Crippen LogP contribution in [0.25, 0.3) is 0 Å². The van der Waals surface area contributed by atoms with Gasteiger partial charge in [-0.3, -0.25) is 4.79 Å². The van der Waals surface area contributed by atoms with Gasteiger partial charge in [-0.1, -0.05) is 25.1 Å². The highest BCUT2D eigenvalue weighted by atomic mass is 32.2. The Labute approximate surface area is 94.8 Å². The van der Waals surface area contributed by atoms with Gasteiger partial charge in [0.2, 0.25) is 5.91 Å². The number of carbonyl (C=O) groups excluding carboxylic acids is 1. The molecule has 0 bridgehead atoms. The number of carbonyl (C=O) groups is 1. The lowest BCUT2D eigenvalue weighted by molar-refractivity contribution is -0.123. The maximum Gasteiger partial charge on any atom is 0.229 e. The van der Waals surface area contributed by atoms with Crippen LogP contribution < -0.4 is 5.32 Å². The number of hydrogen-bond donors (Lipinski definition) is 2. The van der Waals surface area contributed by atoms with Gasteiger partial charge in [-0.2, -0.15) is 0 Å². The highest BCUT2D eigenvalue weighted by molar-refractivity contribution is 8.14. The fourth-order valence-electron chi connectivity index (χ4n) is 1.18. The standard InChI is InChI=1S/C10H18N2O2S/c1-5-6-15-10(12-14)8(7(2)3)9(13)11-4/h5,7-8,14H,1,6H2,2-4H3,(H,11,13). The molecule has 0 aliphatic rings. The lowest BCUT2D eigenvalue weighted by Crippen LogP contribution is -2.35. The molecule has 5 heteroatoms. The number of thioether (sulfide) groups is 1. The van der Waals surface area contributed by atoms with Crippen LogP contribution in [0.5, 0.6) is 0 Å². The maximum absolute atomic E-state index is 11.6. The molecule has 0 aliphatic heterocycles. The van der Waals surface area contributed by atoms with Crippen LogP contribution in [0.4, 0.5) is 0 Å². The van der Waals surface area contributed by atoms with E-state index in [0.717, 1.165) is 0 Å². The van der Waals surface area contributed by atoms with E-state index in [9.17, 15) is 4.79 Å². The van der Waals surface area contributed by atoms with Crippen molar-refractivity contribution in [3.63, 3.8) is 0 Å². The summed E-state index contributed by atoms with van der Waals surface area (Å²) in [6, 6.07) is 0. The molecule has 0 heterocycles. The molecule has 0 fully saturated rings. The first-order valence-electron chi connectivity index (χ1n) is 4.75. The molecule has 86 valence electrons. The number of nitrogens with one attached hydrogen (secondary N) is 1. The third-order valence-electron chi connectivity index (χ3n) is 1.91. The van der Waals surface area contributed by atoms with Crippen molar-refractivity contribution in [2.45, 2.75) is 13.8 Å². The summed E-state index contributed by atoms with van der Waals surface area (Å²) in [5.41, 5.74) is 0.